The summed E-state index contributed by atoms with van der Waals surface area (Å²) in [6, 6.07) is -0.325. The van der Waals surface area contributed by atoms with E-state index in [9.17, 15) is 17.6 Å². The molecule has 0 bridgehead atoms. The van der Waals surface area contributed by atoms with E-state index in [0.29, 0.717) is 17.3 Å². The quantitative estimate of drug-likeness (QED) is 0.699. The minimum Gasteiger partial charge on any atom is -0.356 e. The Balaban J connectivity index is 2.00. The lowest BCUT2D eigenvalue weighted by Gasteiger charge is -2.26. The zero-order chi connectivity index (χ0) is 18.2. The third kappa shape index (κ3) is 3.53. The normalized spacial score (nSPS) is 25.8. The van der Waals surface area contributed by atoms with E-state index in [1.807, 2.05) is 35.3 Å². The summed E-state index contributed by atoms with van der Waals surface area (Å²) in [7, 11) is 3.66. The minimum atomic E-state index is -4.39. The number of alkyl halides is 4. The Morgan fingerprint density at radius 1 is 1.24 bits per heavy atom. The van der Waals surface area contributed by atoms with Crippen LogP contribution in [0, 0.1) is 0 Å². The zero-order valence-corrected chi connectivity index (χ0v) is 14.5. The molecule has 8 heteroatoms. The highest BCUT2D eigenvalue weighted by Gasteiger charge is 2.38. The monoisotopic (exact) mass is 371 g/mol. The third-order valence-electron chi connectivity index (χ3n) is 4.02. The summed E-state index contributed by atoms with van der Waals surface area (Å²) in [6.07, 6.45) is 4.85. The lowest BCUT2D eigenvalue weighted by Crippen LogP contribution is -2.32. The molecule has 1 aliphatic carbocycles. The number of hydrogen-bond acceptors (Lipinski definition) is 4. The van der Waals surface area contributed by atoms with Gasteiger partial charge in [-0.25, -0.2) is 4.99 Å². The van der Waals surface area contributed by atoms with E-state index in [2.05, 4.69) is 4.99 Å². The van der Waals surface area contributed by atoms with Gasteiger partial charge in [0.25, 0.3) is 0 Å². The van der Waals surface area contributed by atoms with Gasteiger partial charge >= 0.3 is 6.18 Å². The molecule has 2 aliphatic heterocycles. The van der Waals surface area contributed by atoms with Gasteiger partial charge in [-0.05, 0) is 12.2 Å². The van der Waals surface area contributed by atoms with E-state index in [1.54, 1.807) is 7.05 Å². The Labute approximate surface area is 147 Å². The predicted molar refractivity (Wildman–Crippen MR) is 92.7 cm³/mol. The fraction of sp³-hybridized carbons (Fsp3) is 0.353. The first-order valence-electron chi connectivity index (χ1n) is 7.65. The second-order valence-electron chi connectivity index (χ2n) is 5.80. The molecule has 3 aliphatic rings. The van der Waals surface area contributed by atoms with Crippen molar-refractivity contribution in [3.63, 3.8) is 0 Å². The van der Waals surface area contributed by atoms with Gasteiger partial charge in [0.2, 0.25) is 0 Å². The van der Waals surface area contributed by atoms with Crippen LogP contribution in [0.1, 0.15) is 0 Å². The molecule has 134 valence electrons. The van der Waals surface area contributed by atoms with Crippen LogP contribution >= 0.6 is 11.8 Å². The van der Waals surface area contributed by atoms with Crippen LogP contribution < -0.4 is 0 Å². The van der Waals surface area contributed by atoms with Crippen molar-refractivity contribution in [3.05, 3.63) is 58.6 Å². The molecule has 0 radical (unpaired) electrons. The molecule has 0 saturated heterocycles. The van der Waals surface area contributed by atoms with E-state index >= 15 is 0 Å². The van der Waals surface area contributed by atoms with Crippen molar-refractivity contribution in [3.8, 4) is 0 Å². The Bertz CT molecular complexity index is 743. The van der Waals surface area contributed by atoms with Gasteiger partial charge in [-0.3, -0.25) is 4.39 Å². The molecule has 3 rings (SSSR count). The van der Waals surface area contributed by atoms with Crippen LogP contribution in [0.25, 0.3) is 0 Å². The van der Waals surface area contributed by atoms with Crippen molar-refractivity contribution >= 4 is 17.5 Å². The number of aliphatic imine (C=N–C) groups is 1. The Kier molecular flexibility index (Phi) is 4.81. The molecule has 0 N–H and O–H groups in total. The van der Waals surface area contributed by atoms with Gasteiger partial charge in [0, 0.05) is 42.7 Å². The molecule has 0 fully saturated rings. The maximum absolute atomic E-state index is 12.9. The summed E-state index contributed by atoms with van der Waals surface area (Å²) in [5.41, 5.74) is 0.446. The van der Waals surface area contributed by atoms with E-state index in [1.165, 1.54) is 17.8 Å². The summed E-state index contributed by atoms with van der Waals surface area (Å²) >= 11 is 1.36. The van der Waals surface area contributed by atoms with Crippen molar-refractivity contribution in [2.75, 3.05) is 26.5 Å². The number of fused-ring (bicyclic) bond motifs is 1. The number of halogens is 4. The topological polar surface area (TPSA) is 18.8 Å². The maximum atomic E-state index is 12.9. The van der Waals surface area contributed by atoms with Crippen LogP contribution in [0.5, 0.6) is 0 Å². The van der Waals surface area contributed by atoms with Crippen LogP contribution in [-0.4, -0.2) is 54.3 Å². The number of rotatable bonds is 3. The molecule has 3 nitrogen and oxygen atoms in total. The van der Waals surface area contributed by atoms with Crippen molar-refractivity contribution in [2.24, 2.45) is 4.99 Å². The van der Waals surface area contributed by atoms with Gasteiger partial charge in [0.15, 0.2) is 0 Å². The largest absolute Gasteiger partial charge is 0.416 e. The summed E-state index contributed by atoms with van der Waals surface area (Å²) in [5, 5.41) is 0. The standard InChI is InChI=1S/C17H17F4N3S/c1-23-7-5-12(15(10-23)25-8-6-18)16-22-13-9-11(17(19,20)21)3-4-14(13)24(16)2/h3-5,7,9-10,14H,6,8H2,1-2H3. The molecule has 1 unspecified atom stereocenters. The Morgan fingerprint density at radius 3 is 2.68 bits per heavy atom. The van der Waals surface area contributed by atoms with Gasteiger partial charge in [-0.1, -0.05) is 12.2 Å². The summed E-state index contributed by atoms with van der Waals surface area (Å²) < 4.78 is 51.3. The van der Waals surface area contributed by atoms with E-state index < -0.39 is 18.4 Å². The van der Waals surface area contributed by atoms with E-state index in [4.69, 9.17) is 0 Å². The van der Waals surface area contributed by atoms with Crippen molar-refractivity contribution < 1.29 is 17.6 Å². The summed E-state index contributed by atoms with van der Waals surface area (Å²) in [6.45, 7) is -0.453. The lowest BCUT2D eigenvalue weighted by atomic mass is 10.0. The lowest BCUT2D eigenvalue weighted by molar-refractivity contribution is -0.0882. The van der Waals surface area contributed by atoms with Gasteiger partial charge in [0.05, 0.1) is 24.0 Å². The second-order valence-corrected chi connectivity index (χ2v) is 6.93. The number of hydrogen-bond donors (Lipinski definition) is 0. The van der Waals surface area contributed by atoms with Gasteiger partial charge in [0.1, 0.15) is 5.82 Å². The van der Waals surface area contributed by atoms with E-state index in [0.717, 1.165) is 22.6 Å². The predicted octanol–water partition coefficient (Wildman–Crippen LogP) is 4.01. The van der Waals surface area contributed by atoms with Gasteiger partial charge in [-0.15, -0.1) is 11.8 Å². The van der Waals surface area contributed by atoms with Crippen LogP contribution in [0.2, 0.25) is 0 Å². The zero-order valence-electron chi connectivity index (χ0n) is 13.7. The van der Waals surface area contributed by atoms with Crippen molar-refractivity contribution in [2.45, 2.75) is 12.2 Å². The summed E-state index contributed by atoms with van der Waals surface area (Å²) in [5.74, 6) is 0.901. The van der Waals surface area contributed by atoms with Crippen LogP contribution in [0.3, 0.4) is 0 Å². The smallest absolute Gasteiger partial charge is 0.356 e. The van der Waals surface area contributed by atoms with Crippen LogP contribution in [-0.2, 0) is 0 Å². The maximum Gasteiger partial charge on any atom is 0.416 e. The first-order chi connectivity index (χ1) is 11.8. The number of thioether (sulfide) groups is 1. The highest BCUT2D eigenvalue weighted by atomic mass is 32.2. The van der Waals surface area contributed by atoms with Gasteiger partial charge in [-0.2, -0.15) is 13.2 Å². The number of allylic oxidation sites excluding steroid dienone is 4. The fourth-order valence-corrected chi connectivity index (χ4v) is 3.64. The molecule has 0 aromatic rings. The Hall–Kier alpha value is -1.96. The molecule has 0 spiro atoms. The molecule has 0 saturated carbocycles. The second kappa shape index (κ2) is 6.74. The number of likely N-dealkylation sites (N-methyl/N-ethyl adjacent to an activating group) is 1. The van der Waals surface area contributed by atoms with Crippen LogP contribution in [0.4, 0.5) is 17.6 Å². The summed E-state index contributed by atoms with van der Waals surface area (Å²) in [4.78, 5) is 8.97. The third-order valence-corrected chi connectivity index (χ3v) is 5.01. The van der Waals surface area contributed by atoms with E-state index in [-0.39, 0.29) is 6.04 Å². The average molecular weight is 371 g/mol. The molecule has 0 aromatic carbocycles. The number of nitrogens with zero attached hydrogens (tertiary/aromatic N) is 3. The SMILES string of the molecule is CN1C=CC(=C2N=C3C=C(C(F)(F)F)C=CC3N2C)C(SCCF)=C1. The molecular formula is C17H17F4N3S. The molecule has 25 heavy (non-hydrogen) atoms. The minimum absolute atomic E-state index is 0.312. The highest BCUT2D eigenvalue weighted by molar-refractivity contribution is 8.03. The first-order valence-corrected chi connectivity index (χ1v) is 8.63. The molecule has 2 heterocycles. The molecule has 0 aromatic heterocycles. The first kappa shape index (κ1) is 17.8. The van der Waals surface area contributed by atoms with Crippen LogP contribution in [0.15, 0.2) is 63.6 Å². The van der Waals surface area contributed by atoms with Gasteiger partial charge < -0.3 is 9.80 Å². The molecule has 0 amide bonds. The van der Waals surface area contributed by atoms with Crippen molar-refractivity contribution in [1.29, 1.82) is 0 Å². The molecule has 1 atom stereocenters. The molecular weight excluding hydrogens is 354 g/mol. The van der Waals surface area contributed by atoms with Crippen molar-refractivity contribution in [1.82, 2.24) is 9.80 Å². The fourth-order valence-electron chi connectivity index (χ4n) is 2.79. The average Bonchev–Trinajstić information content (AvgIpc) is 2.88. The highest BCUT2D eigenvalue weighted by Crippen LogP contribution is 2.37. The Morgan fingerprint density at radius 2 is 2.00 bits per heavy atom.